The molecule has 0 bridgehead atoms. The Morgan fingerprint density at radius 1 is 1.00 bits per heavy atom. The quantitative estimate of drug-likeness (QED) is 0.572. The Morgan fingerprint density at radius 2 is 1.64 bits per heavy atom. The molecule has 64 valence electrons. The maximum atomic E-state index is 13.0. The molecule has 0 amide bonds. The number of alkyl halides is 2. The molecule has 1 nitrogen and oxygen atoms in total. The summed E-state index contributed by atoms with van der Waals surface area (Å²) in [6.07, 6.45) is 4.38. The van der Waals surface area contributed by atoms with E-state index in [1.54, 1.807) is 0 Å². The van der Waals surface area contributed by atoms with E-state index >= 15 is 0 Å². The van der Waals surface area contributed by atoms with Crippen LogP contribution in [0.25, 0.3) is 0 Å². The summed E-state index contributed by atoms with van der Waals surface area (Å²) in [5, 5.41) is 2.90. The first-order chi connectivity index (χ1) is 5.16. The van der Waals surface area contributed by atoms with E-state index < -0.39 is 11.5 Å². The molecule has 11 heavy (non-hydrogen) atoms. The Morgan fingerprint density at radius 3 is 1.91 bits per heavy atom. The van der Waals surface area contributed by atoms with Crippen LogP contribution >= 0.6 is 0 Å². The third-order valence-corrected chi connectivity index (χ3v) is 3.06. The number of halogens is 2. The third-order valence-electron chi connectivity index (χ3n) is 3.06. The molecule has 1 heterocycles. The monoisotopic (exact) mass is 161 g/mol. The van der Waals surface area contributed by atoms with Crippen LogP contribution in [0.1, 0.15) is 32.1 Å². The predicted octanol–water partition coefficient (Wildman–Crippen LogP) is 1.93. The molecule has 2 rings (SSSR count). The summed E-state index contributed by atoms with van der Waals surface area (Å²) in [4.78, 5) is 0. The van der Waals surface area contributed by atoms with Gasteiger partial charge in [0.15, 0.2) is 0 Å². The minimum absolute atomic E-state index is 0.104. The minimum atomic E-state index is -2.42. The molecule has 3 heteroatoms. The molecule has 1 spiro atoms. The molecule has 2 fully saturated rings. The van der Waals surface area contributed by atoms with Gasteiger partial charge in [0.2, 0.25) is 0 Å². The van der Waals surface area contributed by atoms with Crippen molar-refractivity contribution in [1.29, 1.82) is 0 Å². The van der Waals surface area contributed by atoms with Crippen LogP contribution in [-0.4, -0.2) is 18.0 Å². The highest BCUT2D eigenvalue weighted by atomic mass is 19.3. The summed E-state index contributed by atoms with van der Waals surface area (Å²) >= 11 is 0. The zero-order valence-electron chi connectivity index (χ0n) is 6.50. The summed E-state index contributed by atoms with van der Waals surface area (Å²) in [7, 11) is 0. The molecule has 0 radical (unpaired) electrons. The molecule has 1 N–H and O–H groups in total. The lowest BCUT2D eigenvalue weighted by atomic mass is 9.72. The molecule has 0 aromatic heterocycles. The maximum absolute atomic E-state index is 13.0. The Labute approximate surface area is 65.2 Å². The summed E-state index contributed by atoms with van der Waals surface area (Å²) in [5.74, 6) is -2.42. The molecule has 2 aliphatic rings. The van der Waals surface area contributed by atoms with Crippen LogP contribution in [0, 0.1) is 0 Å². The average Bonchev–Trinajstić information content (AvgIpc) is 2.04. The van der Waals surface area contributed by atoms with Gasteiger partial charge in [0.1, 0.15) is 0 Å². The molecular formula is C8H13F2N. The van der Waals surface area contributed by atoms with E-state index in [1.165, 1.54) is 0 Å². The van der Waals surface area contributed by atoms with Crippen molar-refractivity contribution < 1.29 is 8.78 Å². The van der Waals surface area contributed by atoms with Gasteiger partial charge in [0, 0.05) is 0 Å². The van der Waals surface area contributed by atoms with E-state index in [2.05, 4.69) is 5.32 Å². The number of hydrogen-bond acceptors (Lipinski definition) is 1. The fourth-order valence-corrected chi connectivity index (χ4v) is 2.17. The van der Waals surface area contributed by atoms with Gasteiger partial charge < -0.3 is 5.32 Å². The van der Waals surface area contributed by atoms with E-state index in [4.69, 9.17) is 0 Å². The van der Waals surface area contributed by atoms with Crippen molar-refractivity contribution in [1.82, 2.24) is 5.32 Å². The zero-order chi connectivity index (χ0) is 7.95. The Balaban J connectivity index is 2.09. The average molecular weight is 161 g/mol. The second kappa shape index (κ2) is 2.16. The molecule has 0 atom stereocenters. The molecule has 1 saturated carbocycles. The molecule has 0 unspecified atom stereocenters. The van der Waals surface area contributed by atoms with Gasteiger partial charge in [0.05, 0.1) is 12.1 Å². The first-order valence-corrected chi connectivity index (χ1v) is 4.29. The molecular weight excluding hydrogens is 148 g/mol. The van der Waals surface area contributed by atoms with Crippen molar-refractivity contribution in [3.63, 3.8) is 0 Å². The van der Waals surface area contributed by atoms with Crippen molar-refractivity contribution in [3.8, 4) is 0 Å². The SMILES string of the molecule is FC1(F)CNC12CCCCC2. The highest BCUT2D eigenvalue weighted by Crippen LogP contribution is 2.45. The number of nitrogens with one attached hydrogen (secondary N) is 1. The van der Waals surface area contributed by atoms with Crippen LogP contribution in [0.2, 0.25) is 0 Å². The van der Waals surface area contributed by atoms with E-state index in [-0.39, 0.29) is 6.54 Å². The van der Waals surface area contributed by atoms with E-state index in [0.717, 1.165) is 19.3 Å². The summed E-state index contributed by atoms with van der Waals surface area (Å²) in [6.45, 7) is -0.104. The smallest absolute Gasteiger partial charge is 0.278 e. The number of hydrogen-bond donors (Lipinski definition) is 1. The Hall–Kier alpha value is -0.180. The van der Waals surface area contributed by atoms with Crippen molar-refractivity contribution >= 4 is 0 Å². The van der Waals surface area contributed by atoms with Crippen LogP contribution < -0.4 is 5.32 Å². The molecule has 0 aromatic carbocycles. The van der Waals surface area contributed by atoms with E-state index in [1.807, 2.05) is 0 Å². The first kappa shape index (κ1) is 7.47. The predicted molar refractivity (Wildman–Crippen MR) is 38.8 cm³/mol. The topological polar surface area (TPSA) is 12.0 Å². The lowest BCUT2D eigenvalue weighted by molar-refractivity contribution is -0.167. The van der Waals surface area contributed by atoms with Crippen LogP contribution in [-0.2, 0) is 0 Å². The Kier molecular flexibility index (Phi) is 1.46. The summed E-state index contributed by atoms with van der Waals surface area (Å²) < 4.78 is 26.0. The van der Waals surface area contributed by atoms with Crippen molar-refractivity contribution in [2.45, 2.75) is 43.6 Å². The van der Waals surface area contributed by atoms with Gasteiger partial charge in [-0.1, -0.05) is 19.3 Å². The van der Waals surface area contributed by atoms with Crippen molar-refractivity contribution in [3.05, 3.63) is 0 Å². The highest BCUT2D eigenvalue weighted by molar-refractivity contribution is 5.11. The van der Waals surface area contributed by atoms with Crippen LogP contribution in [0.15, 0.2) is 0 Å². The van der Waals surface area contributed by atoms with Gasteiger partial charge in [-0.3, -0.25) is 0 Å². The lowest BCUT2D eigenvalue weighted by Crippen LogP contribution is -2.74. The fraction of sp³-hybridized carbons (Fsp3) is 1.00. The minimum Gasteiger partial charge on any atom is -0.300 e. The second-order valence-corrected chi connectivity index (χ2v) is 3.70. The molecule has 0 aromatic rings. The summed E-state index contributed by atoms with van der Waals surface area (Å²) in [6, 6.07) is 0. The largest absolute Gasteiger partial charge is 0.300 e. The van der Waals surface area contributed by atoms with Crippen LogP contribution in [0.5, 0.6) is 0 Å². The molecule has 1 aliphatic carbocycles. The van der Waals surface area contributed by atoms with Crippen LogP contribution in [0.3, 0.4) is 0 Å². The third kappa shape index (κ3) is 0.901. The normalized spacial score (nSPS) is 33.3. The van der Waals surface area contributed by atoms with Crippen molar-refractivity contribution in [2.75, 3.05) is 6.54 Å². The zero-order valence-corrected chi connectivity index (χ0v) is 6.50. The molecule has 1 aliphatic heterocycles. The van der Waals surface area contributed by atoms with Crippen LogP contribution in [0.4, 0.5) is 8.78 Å². The van der Waals surface area contributed by atoms with E-state index in [0.29, 0.717) is 12.8 Å². The van der Waals surface area contributed by atoms with Gasteiger partial charge in [-0.25, -0.2) is 8.78 Å². The van der Waals surface area contributed by atoms with Gasteiger partial charge in [-0.2, -0.15) is 0 Å². The van der Waals surface area contributed by atoms with E-state index in [9.17, 15) is 8.78 Å². The van der Waals surface area contributed by atoms with Gasteiger partial charge in [0.25, 0.3) is 5.92 Å². The van der Waals surface area contributed by atoms with Gasteiger partial charge in [-0.15, -0.1) is 0 Å². The van der Waals surface area contributed by atoms with Gasteiger partial charge in [-0.05, 0) is 12.8 Å². The fourth-order valence-electron chi connectivity index (χ4n) is 2.17. The Bertz CT molecular complexity index is 161. The number of rotatable bonds is 0. The first-order valence-electron chi connectivity index (χ1n) is 4.29. The lowest BCUT2D eigenvalue weighted by Gasteiger charge is -2.52. The van der Waals surface area contributed by atoms with Crippen molar-refractivity contribution in [2.24, 2.45) is 0 Å². The maximum Gasteiger partial charge on any atom is 0.278 e. The second-order valence-electron chi connectivity index (χ2n) is 3.70. The standard InChI is InChI=1S/C8H13F2N/c9-8(10)6-11-7(8)4-2-1-3-5-7/h11H,1-6H2. The summed E-state index contributed by atoms with van der Waals surface area (Å²) in [5.41, 5.74) is -0.786. The van der Waals surface area contributed by atoms with Gasteiger partial charge >= 0.3 is 0 Å². The molecule has 1 saturated heterocycles. The highest BCUT2D eigenvalue weighted by Gasteiger charge is 2.60.